The van der Waals surface area contributed by atoms with E-state index in [2.05, 4.69) is 15.9 Å². The molecule has 0 spiro atoms. The number of halogens is 1. The Morgan fingerprint density at radius 2 is 1.81 bits per heavy atom. The Hall–Kier alpha value is -2.08. The average molecular weight is 352 g/mol. The number of nitro benzene ring substituents is 1. The van der Waals surface area contributed by atoms with Crippen molar-refractivity contribution in [2.75, 3.05) is 6.61 Å². The molecule has 2 rings (SSSR count). The predicted octanol–water partition coefficient (Wildman–Crippen LogP) is 4.94. The van der Waals surface area contributed by atoms with E-state index in [0.29, 0.717) is 12.4 Å². The lowest BCUT2D eigenvalue weighted by molar-refractivity contribution is -0.386. The molecule has 0 aliphatic heterocycles. The summed E-state index contributed by atoms with van der Waals surface area (Å²) >= 11 is 3.32. The van der Waals surface area contributed by atoms with E-state index in [-0.39, 0.29) is 17.2 Å². The molecule has 21 heavy (non-hydrogen) atoms. The fourth-order valence-electron chi connectivity index (χ4n) is 1.72. The van der Waals surface area contributed by atoms with E-state index in [0.717, 1.165) is 10.9 Å². The first-order chi connectivity index (χ1) is 10.1. The molecule has 5 nitrogen and oxygen atoms in total. The van der Waals surface area contributed by atoms with Gasteiger partial charge in [-0.15, -0.1) is 0 Å². The van der Waals surface area contributed by atoms with Crippen LogP contribution in [0.2, 0.25) is 0 Å². The Kier molecular flexibility index (Phi) is 5.16. The molecule has 2 aromatic carbocycles. The summed E-state index contributed by atoms with van der Waals surface area (Å²) in [7, 11) is 0. The summed E-state index contributed by atoms with van der Waals surface area (Å²) in [6, 6.07) is 11.9. The maximum Gasteiger partial charge on any atom is 0.352 e. The van der Waals surface area contributed by atoms with Crippen LogP contribution in [0.1, 0.15) is 13.3 Å². The molecule has 0 bridgehead atoms. The predicted molar refractivity (Wildman–Crippen MR) is 83.1 cm³/mol. The average Bonchev–Trinajstić information content (AvgIpc) is 2.47. The zero-order chi connectivity index (χ0) is 15.2. The molecule has 0 saturated heterocycles. The van der Waals surface area contributed by atoms with Crippen molar-refractivity contribution >= 4 is 21.6 Å². The lowest BCUT2D eigenvalue weighted by Gasteiger charge is -2.10. The fourth-order valence-corrected chi connectivity index (χ4v) is 1.99. The van der Waals surface area contributed by atoms with Gasteiger partial charge in [-0.25, -0.2) is 0 Å². The van der Waals surface area contributed by atoms with Crippen molar-refractivity contribution in [2.45, 2.75) is 13.3 Å². The Bertz CT molecular complexity index is 628. The van der Waals surface area contributed by atoms with Gasteiger partial charge in [0.15, 0.2) is 0 Å². The molecule has 0 saturated carbocycles. The normalized spacial score (nSPS) is 10.2. The molecule has 0 amide bonds. The molecule has 0 N–H and O–H groups in total. The highest BCUT2D eigenvalue weighted by Crippen LogP contribution is 2.39. The van der Waals surface area contributed by atoms with E-state index in [1.165, 1.54) is 0 Å². The number of para-hydroxylation sites is 1. The van der Waals surface area contributed by atoms with Gasteiger partial charge in [0.2, 0.25) is 11.5 Å². The Morgan fingerprint density at radius 3 is 2.43 bits per heavy atom. The largest absolute Gasteiger partial charge is 0.487 e. The monoisotopic (exact) mass is 351 g/mol. The van der Waals surface area contributed by atoms with Crippen LogP contribution in [0.4, 0.5) is 5.69 Å². The minimum atomic E-state index is -0.487. The van der Waals surface area contributed by atoms with Gasteiger partial charge in [0.25, 0.3) is 0 Å². The molecule has 0 fully saturated rings. The smallest absolute Gasteiger partial charge is 0.352 e. The molecule has 0 aromatic heterocycles. The van der Waals surface area contributed by atoms with Gasteiger partial charge in [-0.05, 0) is 42.8 Å². The van der Waals surface area contributed by atoms with E-state index < -0.39 is 4.92 Å². The van der Waals surface area contributed by atoms with Gasteiger partial charge < -0.3 is 9.47 Å². The maximum atomic E-state index is 11.3. The second-order valence-electron chi connectivity index (χ2n) is 4.26. The highest BCUT2D eigenvalue weighted by molar-refractivity contribution is 9.10. The van der Waals surface area contributed by atoms with Crippen LogP contribution in [0.25, 0.3) is 0 Å². The van der Waals surface area contributed by atoms with Crippen molar-refractivity contribution in [1.82, 2.24) is 0 Å². The maximum absolute atomic E-state index is 11.3. The van der Waals surface area contributed by atoms with Crippen LogP contribution in [-0.4, -0.2) is 11.5 Å². The SMILES string of the molecule is CCCOc1cccc(Oc2ccc(Br)cc2)c1[N+](=O)[O-]. The number of hydrogen-bond acceptors (Lipinski definition) is 4. The number of nitro groups is 1. The van der Waals surface area contributed by atoms with Crippen LogP contribution >= 0.6 is 15.9 Å². The van der Waals surface area contributed by atoms with Crippen molar-refractivity contribution < 1.29 is 14.4 Å². The molecule has 0 aliphatic rings. The summed E-state index contributed by atoms with van der Waals surface area (Å²) in [4.78, 5) is 10.8. The molecule has 0 atom stereocenters. The van der Waals surface area contributed by atoms with Gasteiger partial charge in [-0.1, -0.05) is 28.9 Å². The fraction of sp³-hybridized carbons (Fsp3) is 0.200. The van der Waals surface area contributed by atoms with Gasteiger partial charge in [-0.2, -0.15) is 0 Å². The first-order valence-electron chi connectivity index (χ1n) is 6.45. The van der Waals surface area contributed by atoms with Crippen molar-refractivity contribution in [3.63, 3.8) is 0 Å². The summed E-state index contributed by atoms with van der Waals surface area (Å²) in [6.07, 6.45) is 0.773. The standard InChI is InChI=1S/C15H14BrNO4/c1-2-10-20-13-4-3-5-14(15(13)17(18)19)21-12-8-6-11(16)7-9-12/h3-9H,2,10H2,1H3. The number of ether oxygens (including phenoxy) is 2. The number of benzene rings is 2. The number of rotatable bonds is 6. The summed E-state index contributed by atoms with van der Waals surface area (Å²) < 4.78 is 11.9. The first kappa shape index (κ1) is 15.3. The third-order valence-electron chi connectivity index (χ3n) is 2.65. The molecular weight excluding hydrogens is 338 g/mol. The lowest BCUT2D eigenvalue weighted by atomic mass is 10.2. The summed E-state index contributed by atoms with van der Waals surface area (Å²) in [5.41, 5.74) is -0.158. The van der Waals surface area contributed by atoms with E-state index in [4.69, 9.17) is 9.47 Å². The summed E-state index contributed by atoms with van der Waals surface area (Å²) in [5, 5.41) is 11.3. The molecule has 0 radical (unpaired) electrons. The van der Waals surface area contributed by atoms with Crippen LogP contribution in [-0.2, 0) is 0 Å². The number of nitrogens with zero attached hydrogens (tertiary/aromatic N) is 1. The Balaban J connectivity index is 2.33. The van der Waals surface area contributed by atoms with Crippen molar-refractivity contribution in [3.05, 3.63) is 57.1 Å². The molecule has 0 unspecified atom stereocenters. The highest BCUT2D eigenvalue weighted by Gasteiger charge is 2.22. The van der Waals surface area contributed by atoms with Crippen molar-refractivity contribution in [1.29, 1.82) is 0 Å². The van der Waals surface area contributed by atoms with Gasteiger partial charge >= 0.3 is 5.69 Å². The second kappa shape index (κ2) is 7.08. The quantitative estimate of drug-likeness (QED) is 0.546. The zero-order valence-corrected chi connectivity index (χ0v) is 13.0. The lowest BCUT2D eigenvalue weighted by Crippen LogP contribution is -2.01. The number of hydrogen-bond donors (Lipinski definition) is 0. The molecule has 110 valence electrons. The third-order valence-corrected chi connectivity index (χ3v) is 3.18. The summed E-state index contributed by atoms with van der Waals surface area (Å²) in [5.74, 6) is 0.904. The van der Waals surface area contributed by atoms with Crippen molar-refractivity contribution in [3.8, 4) is 17.2 Å². The Morgan fingerprint density at radius 1 is 1.14 bits per heavy atom. The van der Waals surface area contributed by atoms with E-state index in [1.54, 1.807) is 42.5 Å². The van der Waals surface area contributed by atoms with Gasteiger partial charge in [0.1, 0.15) is 5.75 Å². The van der Waals surface area contributed by atoms with E-state index in [9.17, 15) is 10.1 Å². The van der Waals surface area contributed by atoms with Gasteiger partial charge in [0.05, 0.1) is 11.5 Å². The van der Waals surface area contributed by atoms with Crippen LogP contribution in [0.15, 0.2) is 46.9 Å². The van der Waals surface area contributed by atoms with Crippen LogP contribution in [0.5, 0.6) is 17.2 Å². The van der Waals surface area contributed by atoms with Crippen LogP contribution in [0, 0.1) is 10.1 Å². The third kappa shape index (κ3) is 3.95. The molecule has 6 heteroatoms. The van der Waals surface area contributed by atoms with E-state index in [1.807, 2.05) is 6.92 Å². The van der Waals surface area contributed by atoms with Gasteiger partial charge in [0, 0.05) is 4.47 Å². The zero-order valence-electron chi connectivity index (χ0n) is 11.4. The second-order valence-corrected chi connectivity index (χ2v) is 5.18. The molecule has 0 aliphatic carbocycles. The molecule has 0 heterocycles. The van der Waals surface area contributed by atoms with Gasteiger partial charge in [-0.3, -0.25) is 10.1 Å². The minimum absolute atomic E-state index is 0.158. The van der Waals surface area contributed by atoms with E-state index >= 15 is 0 Å². The first-order valence-corrected chi connectivity index (χ1v) is 7.24. The molecule has 2 aromatic rings. The minimum Gasteiger partial charge on any atom is -0.487 e. The van der Waals surface area contributed by atoms with Crippen LogP contribution in [0.3, 0.4) is 0 Å². The Labute approximate surface area is 130 Å². The van der Waals surface area contributed by atoms with Crippen molar-refractivity contribution in [2.24, 2.45) is 0 Å². The highest BCUT2D eigenvalue weighted by atomic mass is 79.9. The van der Waals surface area contributed by atoms with Crippen LogP contribution < -0.4 is 9.47 Å². The molecular formula is C15H14BrNO4. The summed E-state index contributed by atoms with van der Waals surface area (Å²) in [6.45, 7) is 2.36. The topological polar surface area (TPSA) is 61.6 Å².